The molecular formula is C14H19N3O2S. The number of nitrogens with zero attached hydrogens (tertiary/aromatic N) is 3. The van der Waals surface area contributed by atoms with Crippen LogP contribution in [0.2, 0.25) is 0 Å². The number of thiophene rings is 1. The first-order chi connectivity index (χ1) is 9.69. The van der Waals surface area contributed by atoms with E-state index in [0.29, 0.717) is 31.2 Å². The van der Waals surface area contributed by atoms with E-state index in [1.54, 1.807) is 23.3 Å². The van der Waals surface area contributed by atoms with Crippen LogP contribution in [0.4, 0.5) is 0 Å². The van der Waals surface area contributed by atoms with Crippen LogP contribution in [-0.4, -0.2) is 28.1 Å². The molecule has 2 heterocycles. The molecule has 2 aromatic heterocycles. The molecule has 0 spiro atoms. The standard InChI is InChI=1S/C14H19N3O2S/c1-3-12-15-16-13(19-12)10-17(2)14(18)8-4-6-11-7-5-9-20-11/h5,7,9H,3-4,6,8,10H2,1-2H3. The van der Waals surface area contributed by atoms with Gasteiger partial charge < -0.3 is 9.32 Å². The summed E-state index contributed by atoms with van der Waals surface area (Å²) in [5.41, 5.74) is 0. The number of carbonyl (C=O) groups excluding carboxylic acids is 1. The summed E-state index contributed by atoms with van der Waals surface area (Å²) in [7, 11) is 1.77. The van der Waals surface area contributed by atoms with Gasteiger partial charge in [-0.3, -0.25) is 4.79 Å². The van der Waals surface area contributed by atoms with Gasteiger partial charge in [-0.05, 0) is 24.3 Å². The van der Waals surface area contributed by atoms with Crippen molar-refractivity contribution in [3.8, 4) is 0 Å². The second kappa shape index (κ2) is 7.19. The topological polar surface area (TPSA) is 59.2 Å². The Kier molecular flexibility index (Phi) is 5.29. The maximum Gasteiger partial charge on any atom is 0.235 e. The Balaban J connectivity index is 1.74. The molecule has 0 saturated carbocycles. The molecule has 2 aromatic rings. The number of carbonyl (C=O) groups is 1. The van der Waals surface area contributed by atoms with Crippen molar-refractivity contribution in [2.45, 2.75) is 39.2 Å². The predicted octanol–water partition coefficient (Wildman–Crippen LogP) is 2.67. The third kappa shape index (κ3) is 4.16. The van der Waals surface area contributed by atoms with Gasteiger partial charge in [-0.25, -0.2) is 0 Å². The van der Waals surface area contributed by atoms with Gasteiger partial charge >= 0.3 is 0 Å². The Hall–Kier alpha value is -1.69. The maximum absolute atomic E-state index is 12.0. The molecule has 0 aliphatic carbocycles. The van der Waals surface area contributed by atoms with Gasteiger partial charge in [0.05, 0.1) is 6.54 Å². The van der Waals surface area contributed by atoms with Crippen LogP contribution in [0.1, 0.15) is 36.4 Å². The van der Waals surface area contributed by atoms with Gasteiger partial charge in [0.25, 0.3) is 0 Å². The van der Waals surface area contributed by atoms with Crippen molar-refractivity contribution in [3.05, 3.63) is 34.2 Å². The summed E-state index contributed by atoms with van der Waals surface area (Å²) in [6, 6.07) is 4.14. The largest absolute Gasteiger partial charge is 0.423 e. The van der Waals surface area contributed by atoms with E-state index in [9.17, 15) is 4.79 Å². The highest BCUT2D eigenvalue weighted by atomic mass is 32.1. The third-order valence-electron chi connectivity index (χ3n) is 3.00. The molecule has 6 heteroatoms. The van der Waals surface area contributed by atoms with Gasteiger partial charge in [-0.15, -0.1) is 21.5 Å². The van der Waals surface area contributed by atoms with E-state index in [0.717, 1.165) is 12.8 Å². The Labute approximate surface area is 122 Å². The Morgan fingerprint density at radius 1 is 1.40 bits per heavy atom. The number of hydrogen-bond acceptors (Lipinski definition) is 5. The smallest absolute Gasteiger partial charge is 0.235 e. The molecule has 0 aromatic carbocycles. The monoisotopic (exact) mass is 293 g/mol. The molecule has 2 rings (SSSR count). The number of amides is 1. The minimum Gasteiger partial charge on any atom is -0.423 e. The van der Waals surface area contributed by atoms with Crippen LogP contribution in [0.5, 0.6) is 0 Å². The van der Waals surface area contributed by atoms with Crippen molar-refractivity contribution in [2.24, 2.45) is 0 Å². The summed E-state index contributed by atoms with van der Waals surface area (Å²) < 4.78 is 5.40. The average Bonchev–Trinajstić information content (AvgIpc) is 3.09. The van der Waals surface area contributed by atoms with Gasteiger partial charge in [0, 0.05) is 24.8 Å². The number of hydrogen-bond donors (Lipinski definition) is 0. The molecule has 20 heavy (non-hydrogen) atoms. The van der Waals surface area contributed by atoms with Crippen molar-refractivity contribution >= 4 is 17.2 Å². The summed E-state index contributed by atoms with van der Waals surface area (Å²) in [6.45, 7) is 2.33. The van der Waals surface area contributed by atoms with E-state index in [1.165, 1.54) is 4.88 Å². The van der Waals surface area contributed by atoms with Gasteiger partial charge in [0.2, 0.25) is 17.7 Å². The first-order valence-electron chi connectivity index (χ1n) is 6.76. The first kappa shape index (κ1) is 14.7. The average molecular weight is 293 g/mol. The van der Waals surface area contributed by atoms with E-state index in [2.05, 4.69) is 21.6 Å². The zero-order chi connectivity index (χ0) is 14.4. The van der Waals surface area contributed by atoms with E-state index >= 15 is 0 Å². The lowest BCUT2D eigenvalue weighted by Crippen LogP contribution is -2.26. The molecule has 0 atom stereocenters. The lowest BCUT2D eigenvalue weighted by molar-refractivity contribution is -0.130. The quantitative estimate of drug-likeness (QED) is 0.787. The molecule has 0 fully saturated rings. The maximum atomic E-state index is 12.0. The normalized spacial score (nSPS) is 10.7. The van der Waals surface area contributed by atoms with Crippen LogP contribution in [-0.2, 0) is 24.2 Å². The van der Waals surface area contributed by atoms with E-state index in [4.69, 9.17) is 4.42 Å². The fraction of sp³-hybridized carbons (Fsp3) is 0.500. The van der Waals surface area contributed by atoms with Crippen LogP contribution in [0, 0.1) is 0 Å². The molecule has 0 unspecified atom stereocenters. The van der Waals surface area contributed by atoms with E-state index in [1.807, 2.05) is 13.0 Å². The van der Waals surface area contributed by atoms with Crippen molar-refractivity contribution in [2.75, 3.05) is 7.05 Å². The predicted molar refractivity (Wildman–Crippen MR) is 77.4 cm³/mol. The Morgan fingerprint density at radius 3 is 2.85 bits per heavy atom. The van der Waals surface area contributed by atoms with Crippen LogP contribution in [0.3, 0.4) is 0 Å². The second-order valence-corrected chi connectivity index (χ2v) is 5.66. The fourth-order valence-electron chi connectivity index (χ4n) is 1.85. The molecule has 0 bridgehead atoms. The van der Waals surface area contributed by atoms with Gasteiger partial charge in [-0.2, -0.15) is 0 Å². The summed E-state index contributed by atoms with van der Waals surface area (Å²) >= 11 is 1.73. The van der Waals surface area contributed by atoms with Gasteiger partial charge in [0.15, 0.2) is 0 Å². The minimum absolute atomic E-state index is 0.109. The van der Waals surface area contributed by atoms with Crippen molar-refractivity contribution in [1.29, 1.82) is 0 Å². The molecule has 0 aliphatic heterocycles. The second-order valence-electron chi connectivity index (χ2n) is 4.63. The molecule has 0 N–H and O–H groups in total. The van der Waals surface area contributed by atoms with E-state index in [-0.39, 0.29) is 5.91 Å². The number of aromatic nitrogens is 2. The zero-order valence-electron chi connectivity index (χ0n) is 11.8. The lowest BCUT2D eigenvalue weighted by atomic mass is 10.2. The van der Waals surface area contributed by atoms with Crippen molar-refractivity contribution < 1.29 is 9.21 Å². The van der Waals surface area contributed by atoms with Crippen LogP contribution >= 0.6 is 11.3 Å². The first-order valence-corrected chi connectivity index (χ1v) is 7.64. The summed E-state index contributed by atoms with van der Waals surface area (Å²) in [4.78, 5) is 15.0. The fourth-order valence-corrected chi connectivity index (χ4v) is 2.60. The summed E-state index contributed by atoms with van der Waals surface area (Å²) in [5.74, 6) is 1.22. The van der Waals surface area contributed by atoms with Crippen LogP contribution in [0.25, 0.3) is 0 Å². The van der Waals surface area contributed by atoms with Crippen LogP contribution in [0.15, 0.2) is 21.9 Å². The Morgan fingerprint density at radius 2 is 2.20 bits per heavy atom. The number of aryl methyl sites for hydroxylation is 2. The molecule has 5 nitrogen and oxygen atoms in total. The summed E-state index contributed by atoms with van der Waals surface area (Å²) in [6.07, 6.45) is 3.08. The Bertz CT molecular complexity index is 536. The van der Waals surface area contributed by atoms with Gasteiger partial charge in [-0.1, -0.05) is 13.0 Å². The number of rotatable bonds is 7. The van der Waals surface area contributed by atoms with E-state index < -0.39 is 0 Å². The van der Waals surface area contributed by atoms with Crippen molar-refractivity contribution in [1.82, 2.24) is 15.1 Å². The molecule has 1 amide bonds. The molecule has 0 aliphatic rings. The van der Waals surface area contributed by atoms with Gasteiger partial charge in [0.1, 0.15) is 0 Å². The summed E-state index contributed by atoms with van der Waals surface area (Å²) in [5, 5.41) is 9.87. The highest BCUT2D eigenvalue weighted by Gasteiger charge is 2.13. The highest BCUT2D eigenvalue weighted by molar-refractivity contribution is 7.09. The molecule has 0 radical (unpaired) electrons. The highest BCUT2D eigenvalue weighted by Crippen LogP contribution is 2.13. The zero-order valence-corrected chi connectivity index (χ0v) is 12.7. The SMILES string of the molecule is CCc1nnc(CN(C)C(=O)CCCc2cccs2)o1. The van der Waals surface area contributed by atoms with Crippen LogP contribution < -0.4 is 0 Å². The molecular weight excluding hydrogens is 274 g/mol. The molecule has 0 saturated heterocycles. The molecule has 108 valence electrons. The minimum atomic E-state index is 0.109. The lowest BCUT2D eigenvalue weighted by Gasteiger charge is -2.14. The third-order valence-corrected chi connectivity index (χ3v) is 3.94. The van der Waals surface area contributed by atoms with Crippen molar-refractivity contribution in [3.63, 3.8) is 0 Å².